The fraction of sp³-hybridized carbons (Fsp3) is 0.400. The summed E-state index contributed by atoms with van der Waals surface area (Å²) in [6.07, 6.45) is 1.12. The summed E-state index contributed by atoms with van der Waals surface area (Å²) < 4.78 is 26.8. The Balaban J connectivity index is 2.73. The van der Waals surface area contributed by atoms with Crippen LogP contribution in [0.2, 0.25) is 0 Å². The first-order valence-corrected chi connectivity index (χ1v) is 6.81. The third-order valence-corrected chi connectivity index (χ3v) is 2.97. The third kappa shape index (κ3) is 3.97. The molecule has 1 aromatic rings. The van der Waals surface area contributed by atoms with Gasteiger partial charge in [0.1, 0.15) is 16.8 Å². The highest BCUT2D eigenvalue weighted by molar-refractivity contribution is 7.89. The van der Waals surface area contributed by atoms with Crippen molar-refractivity contribution in [1.29, 1.82) is 0 Å². The lowest BCUT2D eigenvalue weighted by Gasteiger charge is -2.13. The largest absolute Gasteiger partial charge is 0.464 e. The number of nitrogens with zero attached hydrogens (tertiary/aromatic N) is 1. The van der Waals surface area contributed by atoms with Gasteiger partial charge in [-0.25, -0.2) is 23.3 Å². The smallest absolute Gasteiger partial charge is 0.328 e. The highest BCUT2D eigenvalue weighted by atomic mass is 32.2. The quantitative estimate of drug-likeness (QED) is 0.735. The van der Waals surface area contributed by atoms with Crippen LogP contribution in [0.15, 0.2) is 23.2 Å². The van der Waals surface area contributed by atoms with Crippen LogP contribution in [0.1, 0.15) is 13.8 Å². The lowest BCUT2D eigenvalue weighted by molar-refractivity contribution is -0.143. The number of aromatic nitrogens is 1. The first kappa shape index (κ1) is 14.4. The molecular formula is C10H15N3O4S. The van der Waals surface area contributed by atoms with Gasteiger partial charge in [-0.15, -0.1) is 0 Å². The zero-order valence-electron chi connectivity index (χ0n) is 10.1. The lowest BCUT2D eigenvalue weighted by Crippen LogP contribution is -2.28. The molecular weight excluding hydrogens is 258 g/mol. The molecule has 0 saturated heterocycles. The zero-order valence-corrected chi connectivity index (χ0v) is 10.9. The maximum Gasteiger partial charge on any atom is 0.328 e. The van der Waals surface area contributed by atoms with Crippen molar-refractivity contribution in [2.24, 2.45) is 5.14 Å². The summed E-state index contributed by atoms with van der Waals surface area (Å²) >= 11 is 0. The topological polar surface area (TPSA) is 111 Å². The number of carbonyl (C=O) groups is 1. The van der Waals surface area contributed by atoms with Crippen molar-refractivity contribution in [3.05, 3.63) is 18.3 Å². The first-order valence-electron chi connectivity index (χ1n) is 5.26. The van der Waals surface area contributed by atoms with Gasteiger partial charge in [0.25, 0.3) is 0 Å². The molecule has 1 atom stereocenters. The van der Waals surface area contributed by atoms with Gasteiger partial charge in [0.2, 0.25) is 10.0 Å². The molecule has 7 nitrogen and oxygen atoms in total. The van der Waals surface area contributed by atoms with E-state index in [0.717, 1.165) is 6.20 Å². The van der Waals surface area contributed by atoms with E-state index in [9.17, 15) is 13.2 Å². The van der Waals surface area contributed by atoms with Crippen LogP contribution in [0.25, 0.3) is 0 Å². The van der Waals surface area contributed by atoms with E-state index in [4.69, 9.17) is 9.88 Å². The maximum atomic E-state index is 11.3. The van der Waals surface area contributed by atoms with Gasteiger partial charge < -0.3 is 10.1 Å². The second-order valence-electron chi connectivity index (χ2n) is 3.54. The van der Waals surface area contributed by atoms with Gasteiger partial charge in [-0.2, -0.15) is 0 Å². The monoisotopic (exact) mass is 273 g/mol. The minimum atomic E-state index is -3.75. The summed E-state index contributed by atoms with van der Waals surface area (Å²) in [5.74, 6) is -0.0437. The number of rotatable bonds is 5. The van der Waals surface area contributed by atoms with Gasteiger partial charge in [0.15, 0.2) is 0 Å². The Bertz CT molecular complexity index is 512. The van der Waals surface area contributed by atoms with Crippen LogP contribution in [0, 0.1) is 0 Å². The first-order chi connectivity index (χ1) is 8.34. The van der Waals surface area contributed by atoms with Crippen molar-refractivity contribution >= 4 is 21.8 Å². The predicted molar refractivity (Wildman–Crippen MR) is 65.3 cm³/mol. The summed E-state index contributed by atoms with van der Waals surface area (Å²) in [6.45, 7) is 3.62. The highest BCUT2D eigenvalue weighted by Gasteiger charge is 2.14. The average molecular weight is 273 g/mol. The summed E-state index contributed by atoms with van der Waals surface area (Å²) in [5.41, 5.74) is 0. The van der Waals surface area contributed by atoms with E-state index >= 15 is 0 Å². The molecule has 0 aliphatic carbocycles. The van der Waals surface area contributed by atoms with Crippen LogP contribution in [0.4, 0.5) is 5.82 Å². The third-order valence-electron chi connectivity index (χ3n) is 2.07. The van der Waals surface area contributed by atoms with Crippen molar-refractivity contribution in [3.8, 4) is 0 Å². The minimum absolute atomic E-state index is 0.0863. The Hall–Kier alpha value is -1.67. The number of nitrogens with two attached hydrogens (primary N) is 1. The molecule has 1 aromatic heterocycles. The fourth-order valence-electron chi connectivity index (χ4n) is 1.18. The van der Waals surface area contributed by atoms with E-state index in [2.05, 4.69) is 10.3 Å². The zero-order chi connectivity index (χ0) is 13.8. The number of ether oxygens (including phenoxy) is 1. The van der Waals surface area contributed by atoms with Gasteiger partial charge in [0.05, 0.1) is 6.61 Å². The van der Waals surface area contributed by atoms with Crippen molar-refractivity contribution in [2.75, 3.05) is 11.9 Å². The second-order valence-corrected chi connectivity index (χ2v) is 5.10. The summed E-state index contributed by atoms with van der Waals surface area (Å²) in [7, 11) is -3.75. The second kappa shape index (κ2) is 5.78. The summed E-state index contributed by atoms with van der Waals surface area (Å²) in [4.78, 5) is 15.1. The van der Waals surface area contributed by atoms with Crippen LogP contribution in [-0.2, 0) is 19.6 Å². The maximum absolute atomic E-state index is 11.3. The number of carbonyl (C=O) groups excluding carboxylic acids is 1. The predicted octanol–water partition coefficient (Wildman–Crippen LogP) is 0.0925. The standard InChI is InChI=1S/C10H15N3O4S/c1-3-17-10(14)7(2)13-9-5-4-8(6-12-9)18(11,15)16/h4-7H,3H2,1-2H3,(H,12,13)(H2,11,15,16). The highest BCUT2D eigenvalue weighted by Crippen LogP contribution is 2.10. The summed E-state index contributed by atoms with van der Waals surface area (Å²) in [5, 5.41) is 7.72. The molecule has 0 radical (unpaired) electrons. The molecule has 0 aromatic carbocycles. The molecule has 0 aliphatic heterocycles. The van der Waals surface area contributed by atoms with Gasteiger partial charge in [-0.3, -0.25) is 0 Å². The molecule has 100 valence electrons. The van der Waals surface area contributed by atoms with Crippen LogP contribution in [0.5, 0.6) is 0 Å². The van der Waals surface area contributed by atoms with Crippen LogP contribution in [0.3, 0.4) is 0 Å². The number of nitrogens with one attached hydrogen (secondary N) is 1. The van der Waals surface area contributed by atoms with E-state index in [1.165, 1.54) is 12.1 Å². The number of primary sulfonamides is 1. The van der Waals surface area contributed by atoms with Gasteiger partial charge >= 0.3 is 5.97 Å². The van der Waals surface area contributed by atoms with E-state index in [-0.39, 0.29) is 4.90 Å². The molecule has 1 unspecified atom stereocenters. The number of esters is 1. The molecule has 18 heavy (non-hydrogen) atoms. The molecule has 1 rings (SSSR count). The number of hydrogen-bond donors (Lipinski definition) is 2. The molecule has 0 saturated carbocycles. The Labute approximate surface area is 105 Å². The van der Waals surface area contributed by atoms with Gasteiger partial charge in [0, 0.05) is 6.20 Å². The Kier molecular flexibility index (Phi) is 4.62. The van der Waals surface area contributed by atoms with Gasteiger partial charge in [-0.05, 0) is 26.0 Å². The SMILES string of the molecule is CCOC(=O)C(C)Nc1ccc(S(N)(=O)=O)cn1. The number of sulfonamides is 1. The molecule has 0 fully saturated rings. The van der Waals surface area contributed by atoms with Crippen LogP contribution in [-0.4, -0.2) is 32.0 Å². The van der Waals surface area contributed by atoms with E-state index in [1.54, 1.807) is 13.8 Å². The molecule has 8 heteroatoms. The molecule has 1 heterocycles. The van der Waals surface area contributed by atoms with Crippen molar-refractivity contribution in [3.63, 3.8) is 0 Å². The number of hydrogen-bond acceptors (Lipinski definition) is 6. The van der Waals surface area contributed by atoms with Crippen LogP contribution < -0.4 is 10.5 Å². The average Bonchev–Trinajstić information content (AvgIpc) is 2.28. The van der Waals surface area contributed by atoms with Crippen molar-refractivity contribution in [1.82, 2.24) is 4.98 Å². The Morgan fingerprint density at radius 2 is 2.22 bits per heavy atom. The van der Waals surface area contributed by atoms with Gasteiger partial charge in [-0.1, -0.05) is 0 Å². The van der Waals surface area contributed by atoms with E-state index in [1.807, 2.05) is 0 Å². The Morgan fingerprint density at radius 3 is 2.67 bits per heavy atom. The van der Waals surface area contributed by atoms with Crippen molar-refractivity contribution < 1.29 is 17.9 Å². The van der Waals surface area contributed by atoms with Crippen LogP contribution >= 0.6 is 0 Å². The van der Waals surface area contributed by atoms with E-state index in [0.29, 0.717) is 12.4 Å². The number of pyridine rings is 1. The minimum Gasteiger partial charge on any atom is -0.464 e. The number of anilines is 1. The fourth-order valence-corrected chi connectivity index (χ4v) is 1.64. The molecule has 3 N–H and O–H groups in total. The van der Waals surface area contributed by atoms with Crippen molar-refractivity contribution in [2.45, 2.75) is 24.8 Å². The summed E-state index contributed by atoms with van der Waals surface area (Å²) in [6, 6.07) is 2.16. The molecule has 0 amide bonds. The lowest BCUT2D eigenvalue weighted by atomic mass is 10.3. The van der Waals surface area contributed by atoms with E-state index < -0.39 is 22.0 Å². The molecule has 0 bridgehead atoms. The normalized spacial score (nSPS) is 12.8. The Morgan fingerprint density at radius 1 is 1.56 bits per heavy atom. The molecule has 0 spiro atoms. The molecule has 0 aliphatic rings.